The largest absolute Gasteiger partial charge is 0.478 e. The fraction of sp³-hybridized carbons (Fsp3) is 0.182. The van der Waals surface area contributed by atoms with Crippen molar-refractivity contribution in [3.8, 4) is 0 Å². The molecule has 84 valence electrons. The zero-order valence-corrected chi connectivity index (χ0v) is 8.93. The first-order chi connectivity index (χ1) is 7.43. The average Bonchev–Trinajstić information content (AvgIpc) is 2.16. The van der Waals surface area contributed by atoms with Crippen LogP contribution in [0.15, 0.2) is 24.3 Å². The number of nitrogens with zero attached hydrogens (tertiary/aromatic N) is 1. The number of rotatable bonds is 3. The van der Waals surface area contributed by atoms with Crippen molar-refractivity contribution in [3.05, 3.63) is 45.5 Å². The lowest BCUT2D eigenvalue weighted by molar-refractivity contribution is -0.385. The van der Waals surface area contributed by atoms with Gasteiger partial charge in [-0.1, -0.05) is 12.1 Å². The van der Waals surface area contributed by atoms with Gasteiger partial charge in [0.05, 0.1) is 4.92 Å². The summed E-state index contributed by atoms with van der Waals surface area (Å²) >= 11 is 0. The Morgan fingerprint density at radius 1 is 1.50 bits per heavy atom. The number of nitro groups is 1. The van der Waals surface area contributed by atoms with Crippen LogP contribution >= 0.6 is 0 Å². The van der Waals surface area contributed by atoms with E-state index in [9.17, 15) is 14.9 Å². The van der Waals surface area contributed by atoms with E-state index in [0.717, 1.165) is 6.08 Å². The molecule has 0 fully saturated rings. The van der Waals surface area contributed by atoms with Gasteiger partial charge in [-0.05, 0) is 25.0 Å². The molecule has 1 aromatic rings. The fourth-order valence-corrected chi connectivity index (χ4v) is 1.51. The van der Waals surface area contributed by atoms with Crippen molar-refractivity contribution in [1.82, 2.24) is 0 Å². The zero-order valence-electron chi connectivity index (χ0n) is 8.93. The molecule has 0 spiro atoms. The van der Waals surface area contributed by atoms with Crippen molar-refractivity contribution in [1.29, 1.82) is 0 Å². The molecule has 0 radical (unpaired) electrons. The molecule has 5 nitrogen and oxygen atoms in total. The molecular weight excluding hydrogens is 210 g/mol. The zero-order chi connectivity index (χ0) is 12.3. The number of benzene rings is 1. The van der Waals surface area contributed by atoms with E-state index in [1.54, 1.807) is 26.0 Å². The van der Waals surface area contributed by atoms with E-state index in [2.05, 4.69) is 0 Å². The minimum Gasteiger partial charge on any atom is -0.478 e. The van der Waals surface area contributed by atoms with Gasteiger partial charge in [-0.25, -0.2) is 4.79 Å². The highest BCUT2D eigenvalue weighted by atomic mass is 16.6. The summed E-state index contributed by atoms with van der Waals surface area (Å²) in [5, 5.41) is 19.3. The van der Waals surface area contributed by atoms with Crippen LogP contribution in [0.2, 0.25) is 0 Å². The van der Waals surface area contributed by atoms with Crippen molar-refractivity contribution >= 4 is 17.2 Å². The summed E-state index contributed by atoms with van der Waals surface area (Å²) in [7, 11) is 0. The van der Waals surface area contributed by atoms with Crippen LogP contribution in [0, 0.1) is 17.0 Å². The quantitative estimate of drug-likeness (QED) is 0.482. The molecule has 0 heterocycles. The molecular formula is C11H11NO4. The lowest BCUT2D eigenvalue weighted by Crippen LogP contribution is -1.96. The number of aliphatic carboxylic acids is 1. The third-order valence-corrected chi connectivity index (χ3v) is 2.27. The molecule has 0 bridgehead atoms. The highest BCUT2D eigenvalue weighted by molar-refractivity contribution is 5.90. The van der Waals surface area contributed by atoms with Gasteiger partial charge in [-0.2, -0.15) is 0 Å². The maximum atomic E-state index is 10.7. The monoisotopic (exact) mass is 221 g/mol. The molecule has 0 saturated carbocycles. The summed E-state index contributed by atoms with van der Waals surface area (Å²) in [5.41, 5.74) is 1.54. The van der Waals surface area contributed by atoms with Gasteiger partial charge in [0.25, 0.3) is 5.69 Å². The molecule has 0 saturated heterocycles. The highest BCUT2D eigenvalue weighted by Crippen LogP contribution is 2.26. The Hall–Kier alpha value is -2.17. The molecule has 1 N–H and O–H groups in total. The predicted octanol–water partition coefficient (Wildman–Crippen LogP) is 2.39. The first-order valence-electron chi connectivity index (χ1n) is 4.59. The Morgan fingerprint density at radius 2 is 2.12 bits per heavy atom. The van der Waals surface area contributed by atoms with Crippen LogP contribution in [0.3, 0.4) is 0 Å². The Kier molecular flexibility index (Phi) is 3.40. The summed E-state index contributed by atoms with van der Waals surface area (Å²) in [6, 6.07) is 4.60. The first kappa shape index (κ1) is 11.9. The lowest BCUT2D eigenvalue weighted by atomic mass is 10.0. The summed E-state index contributed by atoms with van der Waals surface area (Å²) in [6.07, 6.45) is 1.03. The van der Waals surface area contributed by atoms with Gasteiger partial charge in [0, 0.05) is 17.7 Å². The van der Waals surface area contributed by atoms with Gasteiger partial charge in [-0.15, -0.1) is 0 Å². The van der Waals surface area contributed by atoms with Crippen molar-refractivity contribution in [2.24, 2.45) is 0 Å². The van der Waals surface area contributed by atoms with E-state index in [1.807, 2.05) is 0 Å². The van der Waals surface area contributed by atoms with Gasteiger partial charge >= 0.3 is 5.97 Å². The van der Waals surface area contributed by atoms with Crippen LogP contribution in [0.1, 0.15) is 18.1 Å². The average molecular weight is 221 g/mol. The molecule has 5 heteroatoms. The van der Waals surface area contributed by atoms with Gasteiger partial charge in [0.15, 0.2) is 0 Å². The number of allylic oxidation sites excluding steroid dienone is 1. The fourth-order valence-electron chi connectivity index (χ4n) is 1.51. The molecule has 16 heavy (non-hydrogen) atoms. The summed E-state index contributed by atoms with van der Waals surface area (Å²) < 4.78 is 0. The van der Waals surface area contributed by atoms with Gasteiger partial charge in [0.1, 0.15) is 0 Å². The third kappa shape index (κ3) is 2.44. The molecule has 0 aliphatic heterocycles. The third-order valence-electron chi connectivity index (χ3n) is 2.27. The van der Waals surface area contributed by atoms with Crippen molar-refractivity contribution in [2.45, 2.75) is 13.8 Å². The molecule has 1 aromatic carbocycles. The van der Waals surface area contributed by atoms with E-state index < -0.39 is 10.9 Å². The molecule has 0 atom stereocenters. The van der Waals surface area contributed by atoms with E-state index in [0.29, 0.717) is 16.7 Å². The predicted molar refractivity (Wildman–Crippen MR) is 59.1 cm³/mol. The normalized spacial score (nSPS) is 11.2. The number of carboxylic acids is 1. The minimum absolute atomic E-state index is 0.00404. The standard InChI is InChI=1S/C11H11NO4/c1-7(6-11(13)14)9-4-3-5-10(8(9)2)12(15)16/h3-6H,1-2H3,(H,13,14)/b7-6+. The summed E-state index contributed by atoms with van der Waals surface area (Å²) in [5.74, 6) is -1.07. The van der Waals surface area contributed by atoms with E-state index >= 15 is 0 Å². The highest BCUT2D eigenvalue weighted by Gasteiger charge is 2.14. The minimum atomic E-state index is -1.07. The maximum Gasteiger partial charge on any atom is 0.328 e. The van der Waals surface area contributed by atoms with Crippen LogP contribution < -0.4 is 0 Å². The first-order valence-corrected chi connectivity index (χ1v) is 4.59. The van der Waals surface area contributed by atoms with Crippen LogP contribution in [-0.2, 0) is 4.79 Å². The van der Waals surface area contributed by atoms with Crippen molar-refractivity contribution in [3.63, 3.8) is 0 Å². The molecule has 1 rings (SSSR count). The second kappa shape index (κ2) is 4.57. The summed E-state index contributed by atoms with van der Waals surface area (Å²) in [6.45, 7) is 3.22. The number of hydrogen-bond donors (Lipinski definition) is 1. The van der Waals surface area contributed by atoms with Crippen LogP contribution in [-0.4, -0.2) is 16.0 Å². The van der Waals surface area contributed by atoms with E-state index in [4.69, 9.17) is 5.11 Å². The van der Waals surface area contributed by atoms with Crippen molar-refractivity contribution in [2.75, 3.05) is 0 Å². The Bertz CT molecular complexity index is 477. The molecule has 0 amide bonds. The Labute approximate surface area is 92.2 Å². The Balaban J connectivity index is 3.31. The second-order valence-corrected chi connectivity index (χ2v) is 3.37. The van der Waals surface area contributed by atoms with Gasteiger partial charge in [-0.3, -0.25) is 10.1 Å². The molecule has 0 unspecified atom stereocenters. The number of carbonyl (C=O) groups is 1. The number of nitro benzene ring substituents is 1. The number of carboxylic acid groups (broad SMARTS) is 1. The van der Waals surface area contributed by atoms with Crippen LogP contribution in [0.5, 0.6) is 0 Å². The molecule has 0 aromatic heterocycles. The maximum absolute atomic E-state index is 10.7. The molecule has 0 aliphatic carbocycles. The summed E-state index contributed by atoms with van der Waals surface area (Å²) in [4.78, 5) is 20.7. The topological polar surface area (TPSA) is 80.4 Å². The SMILES string of the molecule is C/C(=C\C(=O)O)c1cccc([N+](=O)[O-])c1C. The van der Waals surface area contributed by atoms with Crippen molar-refractivity contribution < 1.29 is 14.8 Å². The number of hydrogen-bond acceptors (Lipinski definition) is 3. The Morgan fingerprint density at radius 3 is 2.62 bits per heavy atom. The van der Waals surface area contributed by atoms with Gasteiger partial charge in [0.2, 0.25) is 0 Å². The smallest absolute Gasteiger partial charge is 0.328 e. The van der Waals surface area contributed by atoms with Crippen LogP contribution in [0.4, 0.5) is 5.69 Å². The van der Waals surface area contributed by atoms with E-state index in [-0.39, 0.29) is 5.69 Å². The van der Waals surface area contributed by atoms with Gasteiger partial charge < -0.3 is 5.11 Å². The second-order valence-electron chi connectivity index (χ2n) is 3.37. The lowest BCUT2D eigenvalue weighted by Gasteiger charge is -2.05. The van der Waals surface area contributed by atoms with E-state index in [1.165, 1.54) is 6.07 Å². The molecule has 0 aliphatic rings. The van der Waals surface area contributed by atoms with Crippen LogP contribution in [0.25, 0.3) is 5.57 Å².